The van der Waals surface area contributed by atoms with Crippen molar-refractivity contribution >= 4 is 40.0 Å². The number of nitrogens with zero attached hydrogens (tertiary/aromatic N) is 1. The molecule has 0 aliphatic rings. The highest BCUT2D eigenvalue weighted by molar-refractivity contribution is 6.31. The van der Waals surface area contributed by atoms with E-state index in [0.717, 1.165) is 22.5 Å². The van der Waals surface area contributed by atoms with Crippen molar-refractivity contribution < 1.29 is 14.0 Å². The molecule has 1 heterocycles. The summed E-state index contributed by atoms with van der Waals surface area (Å²) in [5.41, 5.74) is 8.60. The molecule has 8 heteroatoms. The van der Waals surface area contributed by atoms with Crippen LogP contribution in [0.25, 0.3) is 10.9 Å². The third-order valence-corrected chi connectivity index (χ3v) is 6.16. The lowest BCUT2D eigenvalue weighted by Gasteiger charge is -2.32. The monoisotopic (exact) mass is 492 g/mol. The summed E-state index contributed by atoms with van der Waals surface area (Å²) in [4.78, 5) is 31.5. The average molecular weight is 493 g/mol. The highest BCUT2D eigenvalue weighted by Gasteiger charge is 2.33. The zero-order valence-corrected chi connectivity index (χ0v) is 19.8. The average Bonchev–Trinajstić information content (AvgIpc) is 3.26. The normalized spacial score (nSPS) is 11.9. The fourth-order valence-corrected chi connectivity index (χ4v) is 4.42. The Labute approximate surface area is 207 Å². The van der Waals surface area contributed by atoms with Gasteiger partial charge in [-0.1, -0.05) is 54.1 Å². The Kier molecular flexibility index (Phi) is 7.80. The first-order chi connectivity index (χ1) is 17.0. The van der Waals surface area contributed by atoms with Crippen LogP contribution in [0.5, 0.6) is 0 Å². The van der Waals surface area contributed by atoms with Crippen LogP contribution >= 0.6 is 11.6 Å². The van der Waals surface area contributed by atoms with Gasteiger partial charge in [0.25, 0.3) is 5.91 Å². The van der Waals surface area contributed by atoms with Crippen LogP contribution in [0.15, 0.2) is 79.0 Å². The lowest BCUT2D eigenvalue weighted by Crippen LogP contribution is -2.43. The minimum Gasteiger partial charge on any atom is -0.361 e. The highest BCUT2D eigenvalue weighted by atomic mass is 35.5. The molecule has 1 aromatic heterocycles. The van der Waals surface area contributed by atoms with E-state index in [1.54, 1.807) is 24.3 Å². The standard InChI is InChI=1S/C27H26ClFN4O2/c28-23-16-19(29)10-11-22(23)26(27(35)32-20-6-2-1-3-7-20)33(25(34)12-14-30)15-13-18-17-31-24-9-5-4-8-21(18)24/h1-11,16-17,26,31H,12-15,30H2,(H,32,35). The summed E-state index contributed by atoms with van der Waals surface area (Å²) in [5, 5.41) is 3.97. The van der Waals surface area contributed by atoms with E-state index in [2.05, 4.69) is 10.3 Å². The summed E-state index contributed by atoms with van der Waals surface area (Å²) >= 11 is 6.39. The molecule has 180 valence electrons. The van der Waals surface area contributed by atoms with Crippen molar-refractivity contribution in [2.45, 2.75) is 18.9 Å². The van der Waals surface area contributed by atoms with E-state index in [4.69, 9.17) is 17.3 Å². The number of para-hydroxylation sites is 2. The van der Waals surface area contributed by atoms with Gasteiger partial charge in [-0.05, 0) is 42.3 Å². The number of amides is 2. The minimum absolute atomic E-state index is 0.0574. The second-order valence-corrected chi connectivity index (χ2v) is 8.57. The number of nitrogens with one attached hydrogen (secondary N) is 2. The predicted octanol–water partition coefficient (Wildman–Crippen LogP) is 5.06. The Balaban J connectivity index is 1.71. The molecule has 6 nitrogen and oxygen atoms in total. The zero-order valence-electron chi connectivity index (χ0n) is 19.0. The number of fused-ring (bicyclic) bond motifs is 1. The van der Waals surface area contributed by atoms with Crippen LogP contribution in [0.4, 0.5) is 10.1 Å². The SMILES string of the molecule is NCCC(=O)N(CCc1c[nH]c2ccccc12)C(C(=O)Nc1ccccc1)c1ccc(F)cc1Cl. The van der Waals surface area contributed by atoms with Gasteiger partial charge in [-0.15, -0.1) is 0 Å². The maximum absolute atomic E-state index is 13.8. The molecule has 35 heavy (non-hydrogen) atoms. The lowest BCUT2D eigenvalue weighted by atomic mass is 10.0. The Bertz CT molecular complexity index is 1330. The van der Waals surface area contributed by atoms with Gasteiger partial charge >= 0.3 is 0 Å². The van der Waals surface area contributed by atoms with Gasteiger partial charge in [0.05, 0.1) is 0 Å². The van der Waals surface area contributed by atoms with Crippen molar-refractivity contribution in [3.05, 3.63) is 101 Å². The van der Waals surface area contributed by atoms with Crippen molar-refractivity contribution in [1.29, 1.82) is 0 Å². The van der Waals surface area contributed by atoms with Gasteiger partial charge in [0, 0.05) is 52.9 Å². The molecule has 0 saturated carbocycles. The predicted molar refractivity (Wildman–Crippen MR) is 137 cm³/mol. The molecule has 4 aromatic rings. The fourth-order valence-electron chi connectivity index (χ4n) is 4.15. The first-order valence-corrected chi connectivity index (χ1v) is 11.7. The molecule has 4 rings (SSSR count). The van der Waals surface area contributed by atoms with Gasteiger partial charge in [0.15, 0.2) is 0 Å². The number of benzene rings is 3. The first-order valence-electron chi connectivity index (χ1n) is 11.3. The number of aromatic amines is 1. The summed E-state index contributed by atoms with van der Waals surface area (Å²) in [6, 6.07) is 19.5. The van der Waals surface area contributed by atoms with E-state index >= 15 is 0 Å². The van der Waals surface area contributed by atoms with E-state index in [-0.39, 0.29) is 30.4 Å². The Morgan fingerprint density at radius 1 is 1.06 bits per heavy atom. The van der Waals surface area contributed by atoms with E-state index in [1.165, 1.54) is 17.0 Å². The molecular weight excluding hydrogens is 467 g/mol. The Morgan fingerprint density at radius 3 is 2.54 bits per heavy atom. The molecule has 0 radical (unpaired) electrons. The second kappa shape index (κ2) is 11.2. The number of rotatable bonds is 9. The van der Waals surface area contributed by atoms with Crippen molar-refractivity contribution in [3.8, 4) is 0 Å². The molecule has 0 saturated heterocycles. The molecule has 0 bridgehead atoms. The van der Waals surface area contributed by atoms with Gasteiger partial charge in [0.1, 0.15) is 11.9 Å². The van der Waals surface area contributed by atoms with Crippen molar-refractivity contribution in [2.75, 3.05) is 18.4 Å². The molecule has 3 aromatic carbocycles. The first kappa shape index (κ1) is 24.4. The van der Waals surface area contributed by atoms with E-state index < -0.39 is 17.8 Å². The maximum atomic E-state index is 13.8. The van der Waals surface area contributed by atoms with Crippen LogP contribution < -0.4 is 11.1 Å². The van der Waals surface area contributed by atoms with Crippen LogP contribution in [0.2, 0.25) is 5.02 Å². The number of hydrogen-bond donors (Lipinski definition) is 3. The third-order valence-electron chi connectivity index (χ3n) is 5.83. The molecule has 0 spiro atoms. The number of carbonyl (C=O) groups excluding carboxylic acids is 2. The second-order valence-electron chi connectivity index (χ2n) is 8.16. The molecular formula is C27H26ClFN4O2. The number of anilines is 1. The van der Waals surface area contributed by atoms with Gasteiger partial charge in [-0.2, -0.15) is 0 Å². The Morgan fingerprint density at radius 2 is 1.80 bits per heavy atom. The molecule has 2 amide bonds. The summed E-state index contributed by atoms with van der Waals surface area (Å²) < 4.78 is 13.8. The van der Waals surface area contributed by atoms with Crippen LogP contribution in [-0.4, -0.2) is 34.8 Å². The molecule has 1 atom stereocenters. The van der Waals surface area contributed by atoms with Crippen LogP contribution in [0.3, 0.4) is 0 Å². The molecule has 1 unspecified atom stereocenters. The molecule has 0 aliphatic heterocycles. The van der Waals surface area contributed by atoms with Crippen LogP contribution in [-0.2, 0) is 16.0 Å². The van der Waals surface area contributed by atoms with Crippen molar-refractivity contribution in [3.63, 3.8) is 0 Å². The topological polar surface area (TPSA) is 91.2 Å². The molecule has 0 aliphatic carbocycles. The third kappa shape index (κ3) is 5.70. The van der Waals surface area contributed by atoms with E-state index in [0.29, 0.717) is 17.7 Å². The number of aromatic nitrogens is 1. The number of H-pyrrole nitrogens is 1. The fraction of sp³-hybridized carbons (Fsp3) is 0.185. The van der Waals surface area contributed by atoms with E-state index in [9.17, 15) is 14.0 Å². The van der Waals surface area contributed by atoms with Gasteiger partial charge < -0.3 is 20.9 Å². The molecule has 4 N–H and O–H groups in total. The lowest BCUT2D eigenvalue weighted by molar-refractivity contribution is -0.138. The van der Waals surface area contributed by atoms with E-state index in [1.807, 2.05) is 36.5 Å². The number of hydrogen-bond acceptors (Lipinski definition) is 3. The largest absolute Gasteiger partial charge is 0.361 e. The number of carbonyl (C=O) groups is 2. The summed E-state index contributed by atoms with van der Waals surface area (Å²) in [6.07, 6.45) is 2.45. The van der Waals surface area contributed by atoms with Crippen LogP contribution in [0.1, 0.15) is 23.6 Å². The van der Waals surface area contributed by atoms with Crippen LogP contribution in [0, 0.1) is 5.82 Å². The van der Waals surface area contributed by atoms with Crippen molar-refractivity contribution in [1.82, 2.24) is 9.88 Å². The van der Waals surface area contributed by atoms with Crippen molar-refractivity contribution in [2.24, 2.45) is 5.73 Å². The summed E-state index contributed by atoms with van der Waals surface area (Å²) in [7, 11) is 0. The quantitative estimate of drug-likeness (QED) is 0.305. The zero-order chi connectivity index (χ0) is 24.8. The highest BCUT2D eigenvalue weighted by Crippen LogP contribution is 2.31. The summed E-state index contributed by atoms with van der Waals surface area (Å²) in [6.45, 7) is 0.369. The molecule has 0 fully saturated rings. The smallest absolute Gasteiger partial charge is 0.251 e. The van der Waals surface area contributed by atoms with Gasteiger partial charge in [-0.3, -0.25) is 9.59 Å². The van der Waals surface area contributed by atoms with Gasteiger partial charge in [-0.25, -0.2) is 4.39 Å². The van der Waals surface area contributed by atoms with Gasteiger partial charge in [0.2, 0.25) is 5.91 Å². The number of nitrogens with two attached hydrogens (primary N) is 1. The Hall–Kier alpha value is -3.68. The summed E-state index contributed by atoms with van der Waals surface area (Å²) in [5.74, 6) is -1.27. The minimum atomic E-state index is -1.08. The number of halogens is 2. The maximum Gasteiger partial charge on any atom is 0.251 e.